The van der Waals surface area contributed by atoms with E-state index in [1.54, 1.807) is 0 Å². The van der Waals surface area contributed by atoms with Gasteiger partial charge in [0.25, 0.3) is 0 Å². The molecule has 0 spiro atoms. The Kier molecular flexibility index (Phi) is 7.06. The summed E-state index contributed by atoms with van der Waals surface area (Å²) in [5, 5.41) is 7.42. The van der Waals surface area contributed by atoms with Crippen molar-refractivity contribution in [2.75, 3.05) is 0 Å². The summed E-state index contributed by atoms with van der Waals surface area (Å²) >= 11 is 0. The van der Waals surface area contributed by atoms with Gasteiger partial charge in [-0.25, -0.2) is 0 Å². The lowest BCUT2D eigenvalue weighted by atomic mass is 9.92. The summed E-state index contributed by atoms with van der Waals surface area (Å²) in [5.74, 6) is 0. The van der Waals surface area contributed by atoms with Crippen molar-refractivity contribution in [2.24, 2.45) is 5.73 Å². The Labute approximate surface area is 286 Å². The van der Waals surface area contributed by atoms with E-state index in [-0.39, 0.29) is 0 Å². The monoisotopic (exact) mass is 626 g/mol. The molecule has 0 atom stereocenters. The van der Waals surface area contributed by atoms with E-state index in [1.165, 1.54) is 71.2 Å². The Morgan fingerprint density at radius 1 is 0.429 bits per heavy atom. The van der Waals surface area contributed by atoms with Gasteiger partial charge in [-0.3, -0.25) is 0 Å². The fourth-order valence-electron chi connectivity index (χ4n) is 7.53. The Morgan fingerprint density at radius 3 is 1.57 bits per heavy atom. The van der Waals surface area contributed by atoms with Crippen LogP contribution >= 0.6 is 0 Å². The predicted molar refractivity (Wildman–Crippen MR) is 209 cm³/mol. The van der Waals surface area contributed by atoms with Gasteiger partial charge in [0.1, 0.15) is 0 Å². The maximum atomic E-state index is 6.85. The van der Waals surface area contributed by atoms with E-state index in [2.05, 4.69) is 187 Å². The summed E-state index contributed by atoms with van der Waals surface area (Å²) in [6, 6.07) is 63.0. The molecule has 8 aromatic carbocycles. The highest BCUT2D eigenvalue weighted by Crippen LogP contribution is 2.36. The highest BCUT2D eigenvalue weighted by atomic mass is 15.0. The molecule has 0 bridgehead atoms. The van der Waals surface area contributed by atoms with E-state index in [1.807, 2.05) is 0 Å². The molecule has 0 saturated heterocycles. The summed E-state index contributed by atoms with van der Waals surface area (Å²) in [7, 11) is 0. The second-order valence-electron chi connectivity index (χ2n) is 12.7. The Hall–Kier alpha value is -6.38. The molecule has 49 heavy (non-hydrogen) atoms. The number of nitrogens with zero attached hydrogens (tertiary/aromatic N) is 1. The summed E-state index contributed by atoms with van der Waals surface area (Å²) < 4.78 is 2.37. The molecular formula is C47H34N2. The van der Waals surface area contributed by atoms with Gasteiger partial charge in [-0.05, 0) is 80.0 Å². The van der Waals surface area contributed by atoms with Gasteiger partial charge < -0.3 is 10.3 Å². The maximum absolute atomic E-state index is 6.85. The van der Waals surface area contributed by atoms with E-state index in [0.717, 1.165) is 23.4 Å². The molecule has 9 aromatic rings. The number of hydrogen-bond donors (Lipinski definition) is 1. The summed E-state index contributed by atoms with van der Waals surface area (Å²) in [6.45, 7) is 0. The van der Waals surface area contributed by atoms with Crippen LogP contribution < -0.4 is 5.73 Å². The van der Waals surface area contributed by atoms with Crippen molar-refractivity contribution in [1.29, 1.82) is 0 Å². The van der Waals surface area contributed by atoms with Crippen molar-refractivity contribution >= 4 is 49.0 Å². The summed E-state index contributed by atoms with van der Waals surface area (Å²) in [4.78, 5) is 0. The molecule has 1 heterocycles. The normalized spacial score (nSPS) is 12.0. The summed E-state index contributed by atoms with van der Waals surface area (Å²) in [6.07, 6.45) is 2.92. The fourth-order valence-corrected chi connectivity index (χ4v) is 7.53. The van der Waals surface area contributed by atoms with E-state index in [9.17, 15) is 0 Å². The van der Waals surface area contributed by atoms with Gasteiger partial charge in [-0.15, -0.1) is 0 Å². The first-order valence-electron chi connectivity index (χ1n) is 16.9. The predicted octanol–water partition coefficient (Wildman–Crippen LogP) is 12.0. The van der Waals surface area contributed by atoms with Gasteiger partial charge in [0.2, 0.25) is 0 Å². The molecular weight excluding hydrogens is 593 g/mol. The van der Waals surface area contributed by atoms with E-state index < -0.39 is 0 Å². The van der Waals surface area contributed by atoms with Gasteiger partial charge in [0, 0.05) is 27.7 Å². The molecule has 232 valence electrons. The lowest BCUT2D eigenvalue weighted by molar-refractivity contribution is 1.18. The van der Waals surface area contributed by atoms with E-state index in [4.69, 9.17) is 5.73 Å². The molecule has 0 aliphatic heterocycles. The van der Waals surface area contributed by atoms with Gasteiger partial charge in [-0.2, -0.15) is 0 Å². The van der Waals surface area contributed by atoms with Crippen LogP contribution in [0.1, 0.15) is 11.1 Å². The quantitative estimate of drug-likeness (QED) is 0.196. The zero-order valence-corrected chi connectivity index (χ0v) is 27.1. The smallest absolute Gasteiger partial charge is 0.0541 e. The largest absolute Gasteiger partial charge is 0.398 e. The molecule has 2 nitrogen and oxygen atoms in total. The van der Waals surface area contributed by atoms with E-state index in [0.29, 0.717) is 0 Å². The molecule has 0 aliphatic rings. The fraction of sp³-hybridized carbons (Fsp3) is 0.0213. The van der Waals surface area contributed by atoms with Crippen molar-refractivity contribution in [3.05, 3.63) is 193 Å². The minimum atomic E-state index is 0.744. The van der Waals surface area contributed by atoms with Crippen molar-refractivity contribution in [2.45, 2.75) is 6.42 Å². The number of allylic oxidation sites excluding steroid dienone is 1. The molecule has 2 N–H and O–H groups in total. The third-order valence-electron chi connectivity index (χ3n) is 9.89. The molecule has 0 fully saturated rings. The Bertz CT molecular complexity index is 2620. The first-order valence-corrected chi connectivity index (χ1v) is 16.9. The third-order valence-corrected chi connectivity index (χ3v) is 9.89. The molecule has 0 unspecified atom stereocenters. The minimum Gasteiger partial charge on any atom is -0.398 e. The van der Waals surface area contributed by atoms with Crippen LogP contribution in [0.2, 0.25) is 0 Å². The zero-order chi connectivity index (χ0) is 32.7. The molecule has 1 aromatic heterocycles. The van der Waals surface area contributed by atoms with Crippen LogP contribution in [-0.2, 0) is 6.42 Å². The molecule has 0 amide bonds. The molecule has 0 aliphatic carbocycles. The number of benzene rings is 8. The minimum absolute atomic E-state index is 0.744. The second-order valence-corrected chi connectivity index (χ2v) is 12.7. The number of hydrogen-bond acceptors (Lipinski definition) is 1. The highest BCUT2D eigenvalue weighted by molar-refractivity contribution is 6.09. The van der Waals surface area contributed by atoms with Gasteiger partial charge >= 0.3 is 0 Å². The molecule has 0 saturated carbocycles. The van der Waals surface area contributed by atoms with Crippen LogP contribution in [0.5, 0.6) is 0 Å². The number of rotatable bonds is 6. The topological polar surface area (TPSA) is 30.9 Å². The van der Waals surface area contributed by atoms with Crippen LogP contribution in [0.4, 0.5) is 0 Å². The average molecular weight is 627 g/mol. The van der Waals surface area contributed by atoms with Crippen LogP contribution in [0.3, 0.4) is 0 Å². The number of fused-ring (bicyclic) bond motifs is 5. The average Bonchev–Trinajstić information content (AvgIpc) is 3.51. The van der Waals surface area contributed by atoms with Crippen molar-refractivity contribution in [1.82, 2.24) is 4.57 Å². The van der Waals surface area contributed by atoms with Gasteiger partial charge in [-0.1, -0.05) is 158 Å². The van der Waals surface area contributed by atoms with Crippen molar-refractivity contribution in [3.8, 4) is 27.9 Å². The Balaban J connectivity index is 1.06. The van der Waals surface area contributed by atoms with Gasteiger partial charge in [0.15, 0.2) is 0 Å². The van der Waals surface area contributed by atoms with E-state index >= 15 is 0 Å². The number of para-hydroxylation sites is 2. The number of aromatic nitrogens is 1. The van der Waals surface area contributed by atoms with Crippen molar-refractivity contribution in [3.63, 3.8) is 0 Å². The third kappa shape index (κ3) is 4.97. The lowest BCUT2D eigenvalue weighted by Crippen LogP contribution is -1.99. The standard InChI is InChI=1S/C47H34N2/c48-45(42-30-29-38(32-12-2-1-3-13-32)40-16-6-7-17-41(40)42)31-25-34-24-28-37(39-15-5-4-14-36(34)39)33-22-26-35(27-23-33)49-46-20-10-8-18-43(46)44-19-9-11-21-47(44)49/h1-24,26-31H,25,48H2/b45-31-. The van der Waals surface area contributed by atoms with Crippen LogP contribution in [0.15, 0.2) is 182 Å². The van der Waals surface area contributed by atoms with Gasteiger partial charge in [0.05, 0.1) is 11.0 Å². The highest BCUT2D eigenvalue weighted by Gasteiger charge is 2.14. The van der Waals surface area contributed by atoms with Crippen LogP contribution in [0, 0.1) is 0 Å². The first-order chi connectivity index (χ1) is 24.2. The van der Waals surface area contributed by atoms with Crippen LogP contribution in [-0.4, -0.2) is 4.57 Å². The molecule has 2 heteroatoms. The SMILES string of the molecule is N/C(=C\Cc1ccc(-c2ccc(-n3c4ccccc4c4ccccc43)cc2)c2ccccc12)c1ccc(-c2ccccc2)c2ccccc12. The lowest BCUT2D eigenvalue weighted by Gasteiger charge is -2.14. The maximum Gasteiger partial charge on any atom is 0.0541 e. The molecule has 0 radical (unpaired) electrons. The number of nitrogens with two attached hydrogens (primary N) is 1. The zero-order valence-electron chi connectivity index (χ0n) is 27.1. The van der Waals surface area contributed by atoms with Crippen molar-refractivity contribution < 1.29 is 0 Å². The second kappa shape index (κ2) is 12.0. The first kappa shape index (κ1) is 28.8. The Morgan fingerprint density at radius 2 is 0.918 bits per heavy atom. The van der Waals surface area contributed by atoms with Crippen LogP contribution in [0.25, 0.3) is 77.0 Å². The summed E-state index contributed by atoms with van der Waals surface area (Å²) in [5.41, 5.74) is 18.4. The molecule has 9 rings (SSSR count).